The van der Waals surface area contributed by atoms with Crippen molar-refractivity contribution in [1.82, 2.24) is 0 Å². The van der Waals surface area contributed by atoms with Crippen molar-refractivity contribution in [3.05, 3.63) is 12.2 Å². The van der Waals surface area contributed by atoms with Gasteiger partial charge in [-0.1, -0.05) is 64.0 Å². The van der Waals surface area contributed by atoms with E-state index in [0.29, 0.717) is 12.2 Å². The summed E-state index contributed by atoms with van der Waals surface area (Å²) < 4.78 is 4.62. The molecule has 0 radical (unpaired) electrons. The zero-order valence-corrected chi connectivity index (χ0v) is 16.1. The van der Waals surface area contributed by atoms with Crippen molar-refractivity contribution >= 4 is 11.8 Å². The number of rotatable bonds is 16. The van der Waals surface area contributed by atoms with Crippen LogP contribution < -0.4 is 0 Å². The van der Waals surface area contributed by atoms with E-state index in [1.54, 1.807) is 6.92 Å². The van der Waals surface area contributed by atoms with Gasteiger partial charge in [-0.05, 0) is 39.0 Å². The molecule has 140 valence electrons. The van der Waals surface area contributed by atoms with Crippen LogP contribution in [0.25, 0.3) is 0 Å². The Morgan fingerprint density at radius 1 is 0.917 bits per heavy atom. The number of allylic oxidation sites excluding steroid dienone is 2. The van der Waals surface area contributed by atoms with Gasteiger partial charge in [0.2, 0.25) is 0 Å². The zero-order valence-electron chi connectivity index (χ0n) is 16.1. The number of Topliss-reactive ketones (excluding diaryl/α,β-unsaturated/α-hetero) is 1. The first-order valence-electron chi connectivity index (χ1n) is 9.84. The fourth-order valence-electron chi connectivity index (χ4n) is 2.85. The Bertz CT molecular complexity index is 347. The minimum Gasteiger partial charge on any atom is -0.469 e. The summed E-state index contributed by atoms with van der Waals surface area (Å²) in [5.41, 5.74) is 0. The summed E-state index contributed by atoms with van der Waals surface area (Å²) >= 11 is 0. The molecule has 0 spiro atoms. The SMILES string of the molecule is CCCCCC[C@H](C/C=C/CCCCCCCC(=O)OC)C(C)=O. The lowest BCUT2D eigenvalue weighted by atomic mass is 9.93. The van der Waals surface area contributed by atoms with Gasteiger partial charge in [0, 0.05) is 12.3 Å². The molecule has 0 N–H and O–H groups in total. The van der Waals surface area contributed by atoms with Crippen molar-refractivity contribution in [1.29, 1.82) is 0 Å². The molecule has 0 fully saturated rings. The van der Waals surface area contributed by atoms with E-state index in [4.69, 9.17) is 0 Å². The monoisotopic (exact) mass is 338 g/mol. The van der Waals surface area contributed by atoms with Crippen LogP contribution >= 0.6 is 0 Å². The summed E-state index contributed by atoms with van der Waals surface area (Å²) in [6.07, 6.45) is 18.6. The Morgan fingerprint density at radius 3 is 2.25 bits per heavy atom. The molecule has 0 aromatic carbocycles. The summed E-state index contributed by atoms with van der Waals surface area (Å²) in [4.78, 5) is 22.6. The predicted octanol–water partition coefficient (Wildman–Crippen LogP) is 6.01. The maximum absolute atomic E-state index is 11.7. The summed E-state index contributed by atoms with van der Waals surface area (Å²) in [5, 5.41) is 0. The normalized spacial score (nSPS) is 12.5. The fourth-order valence-corrected chi connectivity index (χ4v) is 2.85. The second-order valence-electron chi connectivity index (χ2n) is 6.75. The summed E-state index contributed by atoms with van der Waals surface area (Å²) in [7, 11) is 1.44. The van der Waals surface area contributed by atoms with Crippen LogP contribution in [-0.4, -0.2) is 18.9 Å². The molecule has 0 aliphatic rings. The standard InChI is InChI=1S/C21H38O3/c1-4-5-6-13-16-20(19(2)22)17-14-11-9-7-8-10-12-15-18-21(23)24-3/h11,14,20H,4-10,12-13,15-18H2,1-3H3/b14-11+/t20-/m1/s1. The first kappa shape index (κ1) is 22.9. The Hall–Kier alpha value is -1.12. The van der Waals surface area contributed by atoms with Gasteiger partial charge in [-0.2, -0.15) is 0 Å². The Kier molecular flexibility index (Phi) is 15.9. The number of unbranched alkanes of at least 4 members (excludes halogenated alkanes) is 8. The number of hydrogen-bond donors (Lipinski definition) is 0. The van der Waals surface area contributed by atoms with Crippen LogP contribution in [0.4, 0.5) is 0 Å². The van der Waals surface area contributed by atoms with Gasteiger partial charge in [-0.15, -0.1) is 0 Å². The first-order valence-corrected chi connectivity index (χ1v) is 9.84. The quantitative estimate of drug-likeness (QED) is 0.196. The molecule has 0 rings (SSSR count). The van der Waals surface area contributed by atoms with Crippen LogP contribution in [0.2, 0.25) is 0 Å². The van der Waals surface area contributed by atoms with E-state index in [-0.39, 0.29) is 11.9 Å². The first-order chi connectivity index (χ1) is 11.6. The highest BCUT2D eigenvalue weighted by molar-refractivity contribution is 5.78. The molecule has 0 unspecified atom stereocenters. The molecule has 0 aliphatic heterocycles. The van der Waals surface area contributed by atoms with Gasteiger partial charge in [-0.3, -0.25) is 9.59 Å². The van der Waals surface area contributed by atoms with Gasteiger partial charge in [-0.25, -0.2) is 0 Å². The van der Waals surface area contributed by atoms with Crippen LogP contribution in [-0.2, 0) is 14.3 Å². The second-order valence-corrected chi connectivity index (χ2v) is 6.75. The van der Waals surface area contributed by atoms with Gasteiger partial charge < -0.3 is 4.74 Å². The van der Waals surface area contributed by atoms with E-state index in [2.05, 4.69) is 23.8 Å². The molecule has 0 heterocycles. The highest BCUT2D eigenvalue weighted by Gasteiger charge is 2.11. The molecule has 0 aliphatic carbocycles. The van der Waals surface area contributed by atoms with Crippen LogP contribution in [0.3, 0.4) is 0 Å². The fraction of sp³-hybridized carbons (Fsp3) is 0.810. The van der Waals surface area contributed by atoms with E-state index >= 15 is 0 Å². The molecule has 3 nitrogen and oxygen atoms in total. The maximum atomic E-state index is 11.7. The Balaban J connectivity index is 3.59. The highest BCUT2D eigenvalue weighted by Crippen LogP contribution is 2.17. The Labute approximate surface area is 149 Å². The number of methoxy groups -OCH3 is 1. The van der Waals surface area contributed by atoms with E-state index in [9.17, 15) is 9.59 Å². The molecule has 24 heavy (non-hydrogen) atoms. The lowest BCUT2D eigenvalue weighted by molar-refractivity contribution is -0.140. The van der Waals surface area contributed by atoms with Crippen molar-refractivity contribution in [2.24, 2.45) is 5.92 Å². The molecule has 0 saturated carbocycles. The maximum Gasteiger partial charge on any atom is 0.305 e. The molecule has 0 aromatic rings. The molecule has 0 saturated heterocycles. The minimum atomic E-state index is -0.104. The molecular formula is C21H38O3. The van der Waals surface area contributed by atoms with Crippen LogP contribution in [0.15, 0.2) is 12.2 Å². The Morgan fingerprint density at radius 2 is 1.58 bits per heavy atom. The van der Waals surface area contributed by atoms with Crippen molar-refractivity contribution in [3.63, 3.8) is 0 Å². The summed E-state index contributed by atoms with van der Waals surface area (Å²) in [5.74, 6) is 0.450. The number of esters is 1. The molecule has 0 amide bonds. The van der Waals surface area contributed by atoms with Crippen molar-refractivity contribution in [2.75, 3.05) is 7.11 Å². The van der Waals surface area contributed by atoms with Crippen LogP contribution in [0.1, 0.15) is 97.3 Å². The molecule has 0 bridgehead atoms. The largest absolute Gasteiger partial charge is 0.469 e. The molecule has 0 aromatic heterocycles. The third-order valence-corrected chi connectivity index (χ3v) is 4.55. The molecule has 3 heteroatoms. The van der Waals surface area contributed by atoms with Crippen molar-refractivity contribution < 1.29 is 14.3 Å². The molecule has 1 atom stereocenters. The average molecular weight is 339 g/mol. The van der Waals surface area contributed by atoms with E-state index in [1.807, 2.05) is 0 Å². The highest BCUT2D eigenvalue weighted by atomic mass is 16.5. The van der Waals surface area contributed by atoms with Gasteiger partial charge >= 0.3 is 5.97 Å². The van der Waals surface area contributed by atoms with Crippen molar-refractivity contribution in [3.8, 4) is 0 Å². The minimum absolute atomic E-state index is 0.104. The lowest BCUT2D eigenvalue weighted by Crippen LogP contribution is -2.09. The zero-order chi connectivity index (χ0) is 18.0. The van der Waals surface area contributed by atoms with Gasteiger partial charge in [0.25, 0.3) is 0 Å². The summed E-state index contributed by atoms with van der Waals surface area (Å²) in [6, 6.07) is 0. The smallest absolute Gasteiger partial charge is 0.305 e. The van der Waals surface area contributed by atoms with E-state index in [0.717, 1.165) is 32.1 Å². The van der Waals surface area contributed by atoms with E-state index < -0.39 is 0 Å². The van der Waals surface area contributed by atoms with Gasteiger partial charge in [0.05, 0.1) is 7.11 Å². The average Bonchev–Trinajstić information content (AvgIpc) is 2.57. The predicted molar refractivity (Wildman–Crippen MR) is 101 cm³/mol. The topological polar surface area (TPSA) is 43.4 Å². The van der Waals surface area contributed by atoms with E-state index in [1.165, 1.54) is 52.1 Å². The third-order valence-electron chi connectivity index (χ3n) is 4.55. The number of ether oxygens (including phenoxy) is 1. The lowest BCUT2D eigenvalue weighted by Gasteiger charge is -2.10. The molecular weight excluding hydrogens is 300 g/mol. The number of ketones is 1. The van der Waals surface area contributed by atoms with Crippen LogP contribution in [0.5, 0.6) is 0 Å². The van der Waals surface area contributed by atoms with Crippen LogP contribution in [0, 0.1) is 5.92 Å². The van der Waals surface area contributed by atoms with Gasteiger partial charge in [0.1, 0.15) is 5.78 Å². The van der Waals surface area contributed by atoms with Crippen molar-refractivity contribution in [2.45, 2.75) is 97.3 Å². The third kappa shape index (κ3) is 14.5. The number of carbonyl (C=O) groups excluding carboxylic acids is 2. The number of carbonyl (C=O) groups is 2. The number of hydrogen-bond acceptors (Lipinski definition) is 3. The second kappa shape index (κ2) is 16.7. The van der Waals surface area contributed by atoms with Gasteiger partial charge in [0.15, 0.2) is 0 Å². The summed E-state index contributed by atoms with van der Waals surface area (Å²) in [6.45, 7) is 3.94.